The molecule has 1 aromatic heterocycles. The number of hydrogen-bond donors (Lipinski definition) is 1. The second kappa shape index (κ2) is 3.90. The highest BCUT2D eigenvalue weighted by atomic mass is 32.1. The normalized spacial score (nSPS) is 17.7. The molecule has 1 fully saturated rings. The molecule has 4 nitrogen and oxygen atoms in total. The van der Waals surface area contributed by atoms with Gasteiger partial charge in [0.05, 0.1) is 16.6 Å². The Labute approximate surface area is 92.6 Å². The Hall–Kier alpha value is -0.940. The molecule has 2 heterocycles. The van der Waals surface area contributed by atoms with Gasteiger partial charge in [-0.25, -0.2) is 4.98 Å². The number of carboxylic acids is 1. The van der Waals surface area contributed by atoms with Crippen molar-refractivity contribution in [2.24, 2.45) is 5.92 Å². The van der Waals surface area contributed by atoms with E-state index in [2.05, 4.69) is 9.88 Å². The second-order valence-corrected chi connectivity index (χ2v) is 5.26. The number of thiazole rings is 1. The molecular weight excluding hydrogens is 212 g/mol. The van der Waals surface area contributed by atoms with Crippen LogP contribution < -0.4 is 0 Å². The van der Waals surface area contributed by atoms with Crippen LogP contribution >= 0.6 is 11.3 Å². The van der Waals surface area contributed by atoms with Crippen molar-refractivity contribution in [3.8, 4) is 0 Å². The predicted molar refractivity (Wildman–Crippen MR) is 58.0 cm³/mol. The predicted octanol–water partition coefficient (Wildman–Crippen LogP) is 1.28. The highest BCUT2D eigenvalue weighted by molar-refractivity contribution is 7.11. The van der Waals surface area contributed by atoms with Gasteiger partial charge in [0.25, 0.3) is 0 Å². The van der Waals surface area contributed by atoms with E-state index < -0.39 is 5.97 Å². The molecule has 0 saturated carbocycles. The summed E-state index contributed by atoms with van der Waals surface area (Å²) in [7, 11) is 0. The summed E-state index contributed by atoms with van der Waals surface area (Å²) in [5, 5.41) is 9.82. The van der Waals surface area contributed by atoms with Gasteiger partial charge in [-0.2, -0.15) is 0 Å². The summed E-state index contributed by atoms with van der Waals surface area (Å²) in [6.07, 6.45) is 0. The number of aryl methyl sites for hydroxylation is 2. The SMILES string of the molecule is Cc1nc(C)c(CN2CC(C(=O)O)C2)s1. The van der Waals surface area contributed by atoms with E-state index in [0.717, 1.165) is 17.2 Å². The van der Waals surface area contributed by atoms with Crippen LogP contribution in [0.3, 0.4) is 0 Å². The molecular formula is C10H14N2O2S. The monoisotopic (exact) mass is 226 g/mol. The molecule has 1 aromatic rings. The molecule has 0 spiro atoms. The Morgan fingerprint density at radius 1 is 1.60 bits per heavy atom. The third-order valence-corrected chi connectivity index (χ3v) is 3.73. The Morgan fingerprint density at radius 2 is 2.27 bits per heavy atom. The fraction of sp³-hybridized carbons (Fsp3) is 0.600. The van der Waals surface area contributed by atoms with E-state index in [9.17, 15) is 4.79 Å². The molecule has 2 rings (SSSR count). The minimum Gasteiger partial charge on any atom is -0.481 e. The lowest BCUT2D eigenvalue weighted by Gasteiger charge is -2.36. The third kappa shape index (κ3) is 2.18. The van der Waals surface area contributed by atoms with Gasteiger partial charge in [0.2, 0.25) is 0 Å². The minimum absolute atomic E-state index is 0.167. The van der Waals surface area contributed by atoms with E-state index in [1.807, 2.05) is 13.8 Å². The first kappa shape index (κ1) is 10.6. The number of likely N-dealkylation sites (tertiary alicyclic amines) is 1. The Kier molecular flexibility index (Phi) is 2.75. The first-order valence-electron chi connectivity index (χ1n) is 4.94. The molecule has 0 aromatic carbocycles. The molecule has 1 saturated heterocycles. The first-order valence-corrected chi connectivity index (χ1v) is 5.76. The van der Waals surface area contributed by atoms with Crippen LogP contribution in [0.1, 0.15) is 15.6 Å². The second-order valence-electron chi connectivity index (χ2n) is 3.97. The van der Waals surface area contributed by atoms with Gasteiger partial charge in [0, 0.05) is 24.5 Å². The summed E-state index contributed by atoms with van der Waals surface area (Å²) < 4.78 is 0. The van der Waals surface area contributed by atoms with Gasteiger partial charge in [-0.1, -0.05) is 0 Å². The van der Waals surface area contributed by atoms with Gasteiger partial charge in [0.15, 0.2) is 0 Å². The van der Waals surface area contributed by atoms with E-state index in [0.29, 0.717) is 13.1 Å². The Morgan fingerprint density at radius 3 is 2.73 bits per heavy atom. The van der Waals surface area contributed by atoms with Crippen molar-refractivity contribution in [2.45, 2.75) is 20.4 Å². The fourth-order valence-electron chi connectivity index (χ4n) is 1.78. The molecule has 0 bridgehead atoms. The van der Waals surface area contributed by atoms with Crippen LogP contribution in [-0.4, -0.2) is 34.0 Å². The number of rotatable bonds is 3. The summed E-state index contributed by atoms with van der Waals surface area (Å²) in [6.45, 7) is 6.20. The Balaban J connectivity index is 1.90. The van der Waals surface area contributed by atoms with Gasteiger partial charge >= 0.3 is 5.97 Å². The number of aromatic nitrogens is 1. The topological polar surface area (TPSA) is 53.4 Å². The van der Waals surface area contributed by atoms with Crippen molar-refractivity contribution in [1.82, 2.24) is 9.88 Å². The number of carboxylic acid groups (broad SMARTS) is 1. The van der Waals surface area contributed by atoms with Crippen LogP contribution in [0.2, 0.25) is 0 Å². The van der Waals surface area contributed by atoms with Crippen molar-refractivity contribution in [3.63, 3.8) is 0 Å². The third-order valence-electron chi connectivity index (χ3n) is 2.67. The quantitative estimate of drug-likeness (QED) is 0.843. The summed E-state index contributed by atoms with van der Waals surface area (Å²) in [5.74, 6) is -0.845. The number of hydrogen-bond acceptors (Lipinski definition) is 4. The van der Waals surface area contributed by atoms with E-state index in [1.165, 1.54) is 4.88 Å². The molecule has 0 amide bonds. The maximum Gasteiger partial charge on any atom is 0.309 e. The van der Waals surface area contributed by atoms with Crippen LogP contribution in [0.25, 0.3) is 0 Å². The van der Waals surface area contributed by atoms with E-state index >= 15 is 0 Å². The lowest BCUT2D eigenvalue weighted by atomic mass is 10.0. The van der Waals surface area contributed by atoms with Crippen LogP contribution in [-0.2, 0) is 11.3 Å². The average Bonchev–Trinajstić information content (AvgIpc) is 2.36. The molecule has 15 heavy (non-hydrogen) atoms. The maximum absolute atomic E-state index is 10.6. The van der Waals surface area contributed by atoms with Crippen molar-refractivity contribution in [1.29, 1.82) is 0 Å². The molecule has 0 unspecified atom stereocenters. The van der Waals surface area contributed by atoms with Crippen molar-refractivity contribution >= 4 is 17.3 Å². The highest BCUT2D eigenvalue weighted by Crippen LogP contribution is 2.24. The van der Waals surface area contributed by atoms with Gasteiger partial charge in [-0.15, -0.1) is 11.3 Å². The molecule has 0 atom stereocenters. The maximum atomic E-state index is 10.6. The number of nitrogens with zero attached hydrogens (tertiary/aromatic N) is 2. The molecule has 0 aliphatic carbocycles. The zero-order chi connectivity index (χ0) is 11.0. The van der Waals surface area contributed by atoms with Crippen molar-refractivity contribution in [2.75, 3.05) is 13.1 Å². The molecule has 1 aliphatic heterocycles. The summed E-state index contributed by atoms with van der Waals surface area (Å²) in [6, 6.07) is 0. The summed E-state index contributed by atoms with van der Waals surface area (Å²) in [5.41, 5.74) is 1.08. The van der Waals surface area contributed by atoms with E-state index in [-0.39, 0.29) is 5.92 Å². The average molecular weight is 226 g/mol. The summed E-state index contributed by atoms with van der Waals surface area (Å²) >= 11 is 1.70. The van der Waals surface area contributed by atoms with Gasteiger partial charge in [-0.3, -0.25) is 9.69 Å². The molecule has 5 heteroatoms. The fourth-order valence-corrected chi connectivity index (χ4v) is 2.76. The first-order chi connectivity index (χ1) is 7.06. The Bertz CT molecular complexity index is 383. The standard InChI is InChI=1S/C10H14N2O2S/c1-6-9(15-7(2)11-6)5-12-3-8(4-12)10(13)14/h8H,3-5H2,1-2H3,(H,13,14). The zero-order valence-corrected chi connectivity index (χ0v) is 9.67. The van der Waals surface area contributed by atoms with Crippen molar-refractivity contribution < 1.29 is 9.90 Å². The van der Waals surface area contributed by atoms with Crippen LogP contribution in [0.15, 0.2) is 0 Å². The van der Waals surface area contributed by atoms with Crippen molar-refractivity contribution in [3.05, 3.63) is 15.6 Å². The van der Waals surface area contributed by atoms with Gasteiger partial charge in [0.1, 0.15) is 0 Å². The van der Waals surface area contributed by atoms with Crippen LogP contribution in [0.5, 0.6) is 0 Å². The van der Waals surface area contributed by atoms with Gasteiger partial charge < -0.3 is 5.11 Å². The molecule has 82 valence electrons. The number of aliphatic carboxylic acids is 1. The van der Waals surface area contributed by atoms with Gasteiger partial charge in [-0.05, 0) is 13.8 Å². The zero-order valence-electron chi connectivity index (χ0n) is 8.86. The summed E-state index contributed by atoms with van der Waals surface area (Å²) in [4.78, 5) is 18.4. The largest absolute Gasteiger partial charge is 0.481 e. The lowest BCUT2D eigenvalue weighted by molar-refractivity contribution is -0.147. The van der Waals surface area contributed by atoms with Crippen LogP contribution in [0, 0.1) is 19.8 Å². The minimum atomic E-state index is -0.677. The smallest absolute Gasteiger partial charge is 0.309 e. The number of carbonyl (C=O) groups is 1. The molecule has 1 aliphatic rings. The molecule has 1 N–H and O–H groups in total. The van der Waals surface area contributed by atoms with E-state index in [1.54, 1.807) is 11.3 Å². The molecule has 0 radical (unpaired) electrons. The lowest BCUT2D eigenvalue weighted by Crippen LogP contribution is -2.49. The van der Waals surface area contributed by atoms with E-state index in [4.69, 9.17) is 5.11 Å². The highest BCUT2D eigenvalue weighted by Gasteiger charge is 2.32. The van der Waals surface area contributed by atoms with Crippen LogP contribution in [0.4, 0.5) is 0 Å².